The summed E-state index contributed by atoms with van der Waals surface area (Å²) in [5.41, 5.74) is 1.70. The fourth-order valence-corrected chi connectivity index (χ4v) is 3.18. The number of halogens is 1. The first-order valence-corrected chi connectivity index (χ1v) is 10.8. The molecule has 0 saturated carbocycles. The highest BCUT2D eigenvalue weighted by atomic mass is 35.5. The minimum absolute atomic E-state index is 0.00422. The third-order valence-electron chi connectivity index (χ3n) is 4.69. The summed E-state index contributed by atoms with van der Waals surface area (Å²) in [7, 11) is 1.56. The minimum Gasteiger partial charge on any atom is -0.497 e. The zero-order valence-electron chi connectivity index (χ0n) is 18.6. The van der Waals surface area contributed by atoms with Gasteiger partial charge in [-0.1, -0.05) is 35.9 Å². The number of carbonyl (C=O) groups is 3. The van der Waals surface area contributed by atoms with Crippen molar-refractivity contribution in [2.75, 3.05) is 19.0 Å². The molecule has 0 spiro atoms. The highest BCUT2D eigenvalue weighted by molar-refractivity contribution is 6.34. The van der Waals surface area contributed by atoms with Crippen LogP contribution in [0.3, 0.4) is 0 Å². The maximum absolute atomic E-state index is 13.1. The number of ether oxygens (including phenoxy) is 2. The molecule has 0 aliphatic heterocycles. The average molecular weight is 479 g/mol. The van der Waals surface area contributed by atoms with Gasteiger partial charge in [0, 0.05) is 5.69 Å². The van der Waals surface area contributed by atoms with Crippen LogP contribution in [-0.2, 0) is 9.53 Å². The molecule has 0 atom stereocenters. The topological polar surface area (TPSA) is 93.7 Å². The van der Waals surface area contributed by atoms with Crippen LogP contribution >= 0.6 is 11.6 Å². The number of hydrogen-bond donors (Lipinski definition) is 2. The quantitative estimate of drug-likeness (QED) is 0.353. The van der Waals surface area contributed by atoms with Crippen molar-refractivity contribution in [3.8, 4) is 5.75 Å². The summed E-state index contributed by atoms with van der Waals surface area (Å²) in [6.45, 7) is 1.99. The summed E-state index contributed by atoms with van der Waals surface area (Å²) in [4.78, 5) is 37.7. The molecule has 3 rings (SSSR count). The zero-order valence-corrected chi connectivity index (χ0v) is 19.4. The van der Waals surface area contributed by atoms with Gasteiger partial charge in [0.1, 0.15) is 11.4 Å². The number of rotatable bonds is 8. The molecule has 0 aliphatic carbocycles. The van der Waals surface area contributed by atoms with Crippen molar-refractivity contribution in [3.05, 3.63) is 100 Å². The minimum atomic E-state index is -0.555. The molecule has 2 amide bonds. The van der Waals surface area contributed by atoms with Gasteiger partial charge < -0.3 is 20.1 Å². The third-order valence-corrected chi connectivity index (χ3v) is 5.02. The molecule has 0 heterocycles. The van der Waals surface area contributed by atoms with Crippen LogP contribution < -0.4 is 15.4 Å². The largest absolute Gasteiger partial charge is 0.497 e. The molecule has 0 unspecified atom stereocenters. The second kappa shape index (κ2) is 11.7. The Morgan fingerprint density at radius 1 is 0.941 bits per heavy atom. The van der Waals surface area contributed by atoms with Crippen LogP contribution in [-0.4, -0.2) is 31.5 Å². The number of nitrogens with one attached hydrogen (secondary N) is 2. The Kier molecular flexibility index (Phi) is 8.43. The fourth-order valence-electron chi connectivity index (χ4n) is 2.96. The molecule has 0 aromatic heterocycles. The van der Waals surface area contributed by atoms with Crippen LogP contribution in [0.1, 0.15) is 33.2 Å². The lowest BCUT2D eigenvalue weighted by Crippen LogP contribution is -2.31. The standard InChI is InChI=1S/C26H23ClN2O5/c1-3-34-26(32)18-10-12-19(13-11-18)28-25(31)23(16-17-8-14-20(33-2)15-9-17)29-24(30)21-6-4-5-7-22(21)27/h4-16H,3H2,1-2H3,(H,28,31)(H,29,30)/b23-16-. The molecular formula is C26H23ClN2O5. The normalized spacial score (nSPS) is 10.9. The highest BCUT2D eigenvalue weighted by Gasteiger charge is 2.17. The van der Waals surface area contributed by atoms with Gasteiger partial charge in [-0.3, -0.25) is 9.59 Å². The van der Waals surface area contributed by atoms with Gasteiger partial charge in [-0.2, -0.15) is 0 Å². The van der Waals surface area contributed by atoms with Crippen LogP contribution in [0, 0.1) is 0 Å². The summed E-state index contributed by atoms with van der Waals surface area (Å²) < 4.78 is 10.1. The van der Waals surface area contributed by atoms with E-state index in [2.05, 4.69) is 10.6 Å². The second-order valence-corrected chi connectivity index (χ2v) is 7.42. The number of anilines is 1. The molecule has 0 fully saturated rings. The van der Waals surface area contributed by atoms with E-state index in [9.17, 15) is 14.4 Å². The summed E-state index contributed by atoms with van der Waals surface area (Å²) in [5, 5.41) is 5.62. The predicted molar refractivity (Wildman–Crippen MR) is 131 cm³/mol. The van der Waals surface area contributed by atoms with E-state index in [4.69, 9.17) is 21.1 Å². The van der Waals surface area contributed by atoms with Crippen molar-refractivity contribution in [1.82, 2.24) is 5.32 Å². The molecule has 8 heteroatoms. The molecule has 0 bridgehead atoms. The van der Waals surface area contributed by atoms with Gasteiger partial charge in [0.05, 0.1) is 29.9 Å². The van der Waals surface area contributed by atoms with E-state index in [0.29, 0.717) is 22.6 Å². The Balaban J connectivity index is 1.85. The first-order chi connectivity index (χ1) is 16.4. The summed E-state index contributed by atoms with van der Waals surface area (Å²) in [6, 6.07) is 19.8. The van der Waals surface area contributed by atoms with Gasteiger partial charge in [0.15, 0.2) is 0 Å². The van der Waals surface area contributed by atoms with Gasteiger partial charge >= 0.3 is 5.97 Å². The fraction of sp³-hybridized carbons (Fsp3) is 0.115. The Morgan fingerprint density at radius 2 is 1.62 bits per heavy atom. The van der Waals surface area contributed by atoms with Crippen molar-refractivity contribution in [2.24, 2.45) is 0 Å². The van der Waals surface area contributed by atoms with Gasteiger partial charge in [-0.15, -0.1) is 0 Å². The lowest BCUT2D eigenvalue weighted by Gasteiger charge is -2.12. The van der Waals surface area contributed by atoms with Crippen molar-refractivity contribution >= 4 is 41.1 Å². The van der Waals surface area contributed by atoms with E-state index in [1.165, 1.54) is 6.08 Å². The first kappa shape index (κ1) is 24.5. The molecular weight excluding hydrogens is 456 g/mol. The highest BCUT2D eigenvalue weighted by Crippen LogP contribution is 2.18. The van der Waals surface area contributed by atoms with E-state index < -0.39 is 17.8 Å². The maximum Gasteiger partial charge on any atom is 0.338 e. The molecule has 34 heavy (non-hydrogen) atoms. The molecule has 174 valence electrons. The predicted octanol–water partition coefficient (Wildman–Crippen LogP) is 4.93. The van der Waals surface area contributed by atoms with Crippen LogP contribution in [0.25, 0.3) is 6.08 Å². The molecule has 7 nitrogen and oxygen atoms in total. The Bertz CT molecular complexity index is 1200. The number of hydrogen-bond acceptors (Lipinski definition) is 5. The van der Waals surface area contributed by atoms with Crippen LogP contribution in [0.4, 0.5) is 5.69 Å². The Hall–Kier alpha value is -4.10. The van der Waals surface area contributed by atoms with Crippen LogP contribution in [0.15, 0.2) is 78.5 Å². The van der Waals surface area contributed by atoms with Gasteiger partial charge in [0.25, 0.3) is 11.8 Å². The van der Waals surface area contributed by atoms with Crippen LogP contribution in [0.2, 0.25) is 5.02 Å². The third kappa shape index (κ3) is 6.46. The van der Waals surface area contributed by atoms with E-state index >= 15 is 0 Å². The lowest BCUT2D eigenvalue weighted by atomic mass is 10.1. The molecule has 2 N–H and O–H groups in total. The van der Waals surface area contributed by atoms with E-state index in [-0.39, 0.29) is 22.9 Å². The monoisotopic (exact) mass is 478 g/mol. The van der Waals surface area contributed by atoms with Crippen molar-refractivity contribution < 1.29 is 23.9 Å². The zero-order chi connectivity index (χ0) is 24.5. The lowest BCUT2D eigenvalue weighted by molar-refractivity contribution is -0.113. The number of methoxy groups -OCH3 is 1. The van der Waals surface area contributed by atoms with E-state index in [0.717, 1.165) is 0 Å². The van der Waals surface area contributed by atoms with Crippen molar-refractivity contribution in [1.29, 1.82) is 0 Å². The van der Waals surface area contributed by atoms with E-state index in [1.807, 2.05) is 0 Å². The summed E-state index contributed by atoms with van der Waals surface area (Å²) in [5.74, 6) is -0.879. The van der Waals surface area contributed by atoms with Crippen molar-refractivity contribution in [2.45, 2.75) is 6.92 Å². The van der Waals surface area contributed by atoms with E-state index in [1.54, 1.807) is 86.8 Å². The number of amides is 2. The maximum atomic E-state index is 13.1. The molecule has 0 radical (unpaired) electrons. The SMILES string of the molecule is CCOC(=O)c1ccc(NC(=O)/C(=C/c2ccc(OC)cc2)NC(=O)c2ccccc2Cl)cc1. The summed E-state index contributed by atoms with van der Waals surface area (Å²) >= 11 is 6.14. The van der Waals surface area contributed by atoms with Gasteiger partial charge in [0.2, 0.25) is 0 Å². The number of carbonyl (C=O) groups excluding carboxylic acids is 3. The number of benzene rings is 3. The molecule has 0 aliphatic rings. The second-order valence-electron chi connectivity index (χ2n) is 7.02. The first-order valence-electron chi connectivity index (χ1n) is 10.4. The molecule has 0 saturated heterocycles. The van der Waals surface area contributed by atoms with Gasteiger partial charge in [-0.05, 0) is 67.1 Å². The van der Waals surface area contributed by atoms with Crippen molar-refractivity contribution in [3.63, 3.8) is 0 Å². The summed E-state index contributed by atoms with van der Waals surface area (Å²) in [6.07, 6.45) is 1.54. The van der Waals surface area contributed by atoms with Gasteiger partial charge in [-0.25, -0.2) is 4.79 Å². The molecule has 3 aromatic rings. The molecule has 3 aromatic carbocycles. The number of esters is 1. The average Bonchev–Trinajstić information content (AvgIpc) is 2.85. The Labute approximate surface area is 202 Å². The smallest absolute Gasteiger partial charge is 0.338 e. The Morgan fingerprint density at radius 3 is 2.24 bits per heavy atom. The van der Waals surface area contributed by atoms with Crippen LogP contribution in [0.5, 0.6) is 5.75 Å².